The quantitative estimate of drug-likeness (QED) is 0.234. The number of esters is 1. The molecule has 1 amide bonds. The Morgan fingerprint density at radius 3 is 2.38 bits per heavy atom. The molecule has 0 bridgehead atoms. The molecule has 4 aromatic carbocycles. The third kappa shape index (κ3) is 6.60. The monoisotopic (exact) mass is 534 g/mol. The first kappa shape index (κ1) is 27.6. The van der Waals surface area contributed by atoms with E-state index in [9.17, 15) is 9.59 Å². The maximum atomic E-state index is 13.0. The summed E-state index contributed by atoms with van der Waals surface area (Å²) in [6, 6.07) is 32.6. The van der Waals surface area contributed by atoms with Crippen LogP contribution in [0.2, 0.25) is 0 Å². The number of benzene rings is 4. The summed E-state index contributed by atoms with van der Waals surface area (Å²) in [7, 11) is 1.34. The number of rotatable bonds is 9. The second kappa shape index (κ2) is 12.9. The molecule has 1 fully saturated rings. The minimum Gasteiger partial charge on any atom is -0.467 e. The van der Waals surface area contributed by atoms with E-state index in [2.05, 4.69) is 72.2 Å². The zero-order valence-electron chi connectivity index (χ0n) is 23.3. The summed E-state index contributed by atoms with van der Waals surface area (Å²) in [5.74, 6) is -0.277. The molecule has 0 aliphatic heterocycles. The maximum Gasteiger partial charge on any atom is 0.328 e. The van der Waals surface area contributed by atoms with E-state index in [1.54, 1.807) is 0 Å². The van der Waals surface area contributed by atoms with Gasteiger partial charge in [-0.2, -0.15) is 0 Å². The molecular formula is C35H38N2O3. The molecule has 4 aromatic rings. The van der Waals surface area contributed by atoms with Gasteiger partial charge in [-0.05, 0) is 71.7 Å². The number of nitrogens with one attached hydrogen (secondary N) is 2. The summed E-state index contributed by atoms with van der Waals surface area (Å²) in [6.07, 6.45) is 4.94. The van der Waals surface area contributed by atoms with Gasteiger partial charge in [-0.25, -0.2) is 4.79 Å². The SMILES string of the molecule is COC(=O)C(Cc1ccccc1)NC(=O)c1ccc([C@H]2CCC[C@H](N[C@H](C)c3cccc4ccccc34)C2)cc1. The molecule has 0 aromatic heterocycles. The van der Waals surface area contributed by atoms with Gasteiger partial charge in [0.1, 0.15) is 6.04 Å². The molecule has 0 saturated heterocycles. The zero-order valence-corrected chi connectivity index (χ0v) is 23.3. The topological polar surface area (TPSA) is 67.4 Å². The Morgan fingerprint density at radius 2 is 1.60 bits per heavy atom. The van der Waals surface area contributed by atoms with E-state index >= 15 is 0 Å². The van der Waals surface area contributed by atoms with E-state index in [0.717, 1.165) is 18.4 Å². The lowest BCUT2D eigenvalue weighted by molar-refractivity contribution is -0.142. The summed E-state index contributed by atoms with van der Waals surface area (Å²) >= 11 is 0. The molecule has 5 nitrogen and oxygen atoms in total. The zero-order chi connectivity index (χ0) is 27.9. The predicted octanol–water partition coefficient (Wildman–Crippen LogP) is 6.73. The predicted molar refractivity (Wildman–Crippen MR) is 160 cm³/mol. The van der Waals surface area contributed by atoms with Crippen molar-refractivity contribution in [1.29, 1.82) is 0 Å². The molecule has 2 N–H and O–H groups in total. The number of hydrogen-bond donors (Lipinski definition) is 2. The van der Waals surface area contributed by atoms with Crippen LogP contribution < -0.4 is 10.6 Å². The fourth-order valence-electron chi connectivity index (χ4n) is 6.05. The number of hydrogen-bond acceptors (Lipinski definition) is 4. The van der Waals surface area contributed by atoms with Crippen molar-refractivity contribution in [3.05, 3.63) is 119 Å². The molecule has 5 heteroatoms. The first-order valence-electron chi connectivity index (χ1n) is 14.3. The molecule has 1 aliphatic carbocycles. The highest BCUT2D eigenvalue weighted by molar-refractivity contribution is 5.96. The molecular weight excluding hydrogens is 496 g/mol. The van der Waals surface area contributed by atoms with Gasteiger partial charge >= 0.3 is 5.97 Å². The first-order valence-corrected chi connectivity index (χ1v) is 14.3. The standard InChI is InChI=1S/C35H38N2O3/c1-24(31-17-9-13-27-12-6-7-16-32(27)31)36-30-15-8-14-29(23-30)26-18-20-28(21-19-26)34(38)37-33(35(39)40-2)22-25-10-4-3-5-11-25/h3-7,9-13,16-21,24,29-30,33,36H,8,14-15,22-23H2,1-2H3,(H,37,38)/t24-,29+,30+,33?/m1/s1. The third-order valence-corrected chi connectivity index (χ3v) is 8.17. The molecule has 0 heterocycles. The first-order chi connectivity index (χ1) is 19.5. The van der Waals surface area contributed by atoms with Crippen molar-refractivity contribution < 1.29 is 14.3 Å². The second-order valence-electron chi connectivity index (χ2n) is 10.9. The molecule has 0 radical (unpaired) electrons. The van der Waals surface area contributed by atoms with Crippen LogP contribution in [0.25, 0.3) is 10.8 Å². The molecule has 0 spiro atoms. The van der Waals surface area contributed by atoms with E-state index in [1.165, 1.54) is 41.9 Å². The van der Waals surface area contributed by atoms with E-state index in [0.29, 0.717) is 23.9 Å². The summed E-state index contributed by atoms with van der Waals surface area (Å²) in [6.45, 7) is 2.26. The lowest BCUT2D eigenvalue weighted by Gasteiger charge is -2.32. The highest BCUT2D eigenvalue weighted by atomic mass is 16.5. The van der Waals surface area contributed by atoms with Gasteiger partial charge in [0.25, 0.3) is 5.91 Å². The average Bonchev–Trinajstić information content (AvgIpc) is 3.00. The van der Waals surface area contributed by atoms with Crippen molar-refractivity contribution in [3.63, 3.8) is 0 Å². The van der Waals surface area contributed by atoms with Crippen molar-refractivity contribution in [2.45, 2.75) is 63.1 Å². The normalized spacial score (nSPS) is 18.6. The summed E-state index contributed by atoms with van der Waals surface area (Å²) in [4.78, 5) is 25.4. The van der Waals surface area contributed by atoms with E-state index in [-0.39, 0.29) is 11.9 Å². The molecule has 5 rings (SSSR count). The van der Waals surface area contributed by atoms with Crippen molar-refractivity contribution in [3.8, 4) is 0 Å². The van der Waals surface area contributed by atoms with Gasteiger partial charge in [-0.15, -0.1) is 0 Å². The fraction of sp³-hybridized carbons (Fsp3) is 0.314. The molecule has 40 heavy (non-hydrogen) atoms. The number of fused-ring (bicyclic) bond motifs is 1. The Kier molecular flexibility index (Phi) is 8.92. The molecule has 1 saturated carbocycles. The van der Waals surface area contributed by atoms with Gasteiger partial charge in [0.2, 0.25) is 0 Å². The molecule has 206 valence electrons. The van der Waals surface area contributed by atoms with E-state index < -0.39 is 12.0 Å². The van der Waals surface area contributed by atoms with Crippen molar-refractivity contribution in [1.82, 2.24) is 10.6 Å². The number of ether oxygens (including phenoxy) is 1. The molecule has 4 atom stereocenters. The molecule has 1 unspecified atom stereocenters. The highest BCUT2D eigenvalue weighted by Crippen LogP contribution is 2.34. The van der Waals surface area contributed by atoms with Crippen LogP contribution in [0.4, 0.5) is 0 Å². The second-order valence-corrected chi connectivity index (χ2v) is 10.9. The van der Waals surface area contributed by atoms with Crippen LogP contribution in [0, 0.1) is 0 Å². The van der Waals surface area contributed by atoms with Crippen LogP contribution in [-0.2, 0) is 16.0 Å². The Balaban J connectivity index is 1.21. The van der Waals surface area contributed by atoms with Gasteiger partial charge in [0.05, 0.1) is 7.11 Å². The van der Waals surface area contributed by atoms with Crippen LogP contribution in [0.3, 0.4) is 0 Å². The highest BCUT2D eigenvalue weighted by Gasteiger charge is 2.26. The van der Waals surface area contributed by atoms with E-state index in [4.69, 9.17) is 4.74 Å². The third-order valence-electron chi connectivity index (χ3n) is 8.17. The van der Waals surface area contributed by atoms with E-state index in [1.807, 2.05) is 42.5 Å². The van der Waals surface area contributed by atoms with Crippen LogP contribution in [0.1, 0.15) is 71.6 Å². The Hall–Kier alpha value is -3.96. The van der Waals surface area contributed by atoms with Crippen LogP contribution in [0.15, 0.2) is 97.1 Å². The van der Waals surface area contributed by atoms with Crippen molar-refractivity contribution in [2.75, 3.05) is 7.11 Å². The number of carbonyl (C=O) groups excluding carboxylic acids is 2. The van der Waals surface area contributed by atoms with Gasteiger partial charge < -0.3 is 15.4 Å². The lowest BCUT2D eigenvalue weighted by atomic mass is 9.80. The summed E-state index contributed by atoms with van der Waals surface area (Å²) in [5, 5.41) is 9.36. The maximum absolute atomic E-state index is 13.0. The van der Waals surface area contributed by atoms with Crippen LogP contribution in [-0.4, -0.2) is 31.1 Å². The largest absolute Gasteiger partial charge is 0.467 e. The minimum atomic E-state index is -0.742. The van der Waals surface area contributed by atoms with Crippen molar-refractivity contribution in [2.24, 2.45) is 0 Å². The van der Waals surface area contributed by atoms with Gasteiger partial charge in [0, 0.05) is 24.1 Å². The van der Waals surface area contributed by atoms with Crippen molar-refractivity contribution >= 4 is 22.6 Å². The summed E-state index contributed by atoms with van der Waals surface area (Å²) in [5.41, 5.74) is 4.10. The summed E-state index contributed by atoms with van der Waals surface area (Å²) < 4.78 is 4.95. The van der Waals surface area contributed by atoms with Gasteiger partial charge in [0.15, 0.2) is 0 Å². The Labute approximate surface area is 237 Å². The smallest absolute Gasteiger partial charge is 0.328 e. The molecule has 1 aliphatic rings. The number of amides is 1. The van der Waals surface area contributed by atoms with Gasteiger partial charge in [-0.3, -0.25) is 4.79 Å². The average molecular weight is 535 g/mol. The van der Waals surface area contributed by atoms with Crippen LogP contribution in [0.5, 0.6) is 0 Å². The number of carbonyl (C=O) groups is 2. The Morgan fingerprint density at radius 1 is 0.875 bits per heavy atom. The Bertz CT molecular complexity index is 1430. The minimum absolute atomic E-state index is 0.263. The fourth-order valence-corrected chi connectivity index (χ4v) is 6.05. The van der Waals surface area contributed by atoms with Gasteiger partial charge in [-0.1, -0.05) is 91.3 Å². The lowest BCUT2D eigenvalue weighted by Crippen LogP contribution is -2.43. The van der Waals surface area contributed by atoms with Crippen LogP contribution >= 0.6 is 0 Å². The number of methoxy groups -OCH3 is 1.